The van der Waals surface area contributed by atoms with Crippen molar-refractivity contribution in [3.63, 3.8) is 0 Å². The monoisotopic (exact) mass is 460 g/mol. The molecular formula is C25H30Cl2N2O2. The molecule has 31 heavy (non-hydrogen) atoms. The van der Waals surface area contributed by atoms with Crippen molar-refractivity contribution in [3.8, 4) is 0 Å². The number of aliphatic hydroxyl groups is 1. The van der Waals surface area contributed by atoms with E-state index in [4.69, 9.17) is 38.7 Å². The number of nitrogens with two attached hydrogens (primary N) is 1. The van der Waals surface area contributed by atoms with Crippen molar-refractivity contribution >= 4 is 29.1 Å². The molecule has 0 aromatic heterocycles. The highest BCUT2D eigenvalue weighted by Crippen LogP contribution is 2.40. The average molecular weight is 461 g/mol. The van der Waals surface area contributed by atoms with Gasteiger partial charge in [-0.15, -0.1) is 6.58 Å². The molecule has 166 valence electrons. The van der Waals surface area contributed by atoms with Gasteiger partial charge in [0.25, 0.3) is 0 Å². The number of aliphatic imine (C=N–C) groups is 1. The fourth-order valence-corrected chi connectivity index (χ4v) is 4.28. The van der Waals surface area contributed by atoms with Crippen LogP contribution in [0.5, 0.6) is 0 Å². The number of ether oxygens (including phenoxy) is 1. The Bertz CT molecular complexity index is 929. The molecule has 2 aromatic carbocycles. The second-order valence-electron chi connectivity index (χ2n) is 8.57. The van der Waals surface area contributed by atoms with Gasteiger partial charge in [-0.05, 0) is 54.2 Å². The smallest absolute Gasteiger partial charge is 0.204 e. The standard InChI is InChI=1S/C25H30Cl2N2O2/c1-4-12-25(28,24-29-22(15-31-24)16(2)3)14-21(18-6-5-7-20(27)13-18)23(30)17-8-10-19(26)11-9-17/h4-11,13,16,21-23,30H,1,12,14-15,28H2,2-3H3/t21-,22+,23-,25?/m0/s1. The fourth-order valence-electron chi connectivity index (χ4n) is 3.95. The lowest BCUT2D eigenvalue weighted by Gasteiger charge is -2.34. The van der Waals surface area contributed by atoms with Crippen LogP contribution in [-0.2, 0) is 4.74 Å². The van der Waals surface area contributed by atoms with Crippen LogP contribution in [0.3, 0.4) is 0 Å². The summed E-state index contributed by atoms with van der Waals surface area (Å²) in [6.45, 7) is 8.64. The second kappa shape index (κ2) is 10.2. The molecule has 6 heteroatoms. The number of halogens is 2. The molecule has 3 rings (SSSR count). The lowest BCUT2D eigenvalue weighted by molar-refractivity contribution is 0.130. The van der Waals surface area contributed by atoms with Crippen molar-refractivity contribution in [2.24, 2.45) is 16.6 Å². The van der Waals surface area contributed by atoms with Crippen molar-refractivity contribution in [1.29, 1.82) is 0 Å². The average Bonchev–Trinajstić information content (AvgIpc) is 3.24. The van der Waals surface area contributed by atoms with Crippen LogP contribution in [0.4, 0.5) is 0 Å². The van der Waals surface area contributed by atoms with E-state index in [0.717, 1.165) is 11.1 Å². The van der Waals surface area contributed by atoms with Crippen molar-refractivity contribution < 1.29 is 9.84 Å². The van der Waals surface area contributed by atoms with Gasteiger partial charge in [-0.25, -0.2) is 4.99 Å². The Morgan fingerprint density at radius 2 is 1.90 bits per heavy atom. The lowest BCUT2D eigenvalue weighted by atomic mass is 9.77. The molecule has 0 aliphatic carbocycles. The van der Waals surface area contributed by atoms with E-state index in [9.17, 15) is 5.11 Å². The maximum absolute atomic E-state index is 11.4. The van der Waals surface area contributed by atoms with Crippen LogP contribution in [0.15, 0.2) is 66.2 Å². The Hall–Kier alpha value is -1.85. The summed E-state index contributed by atoms with van der Waals surface area (Å²) in [5.41, 5.74) is 7.65. The Labute approximate surface area is 194 Å². The maximum atomic E-state index is 11.4. The summed E-state index contributed by atoms with van der Waals surface area (Å²) in [5.74, 6) is 0.546. The van der Waals surface area contributed by atoms with E-state index in [1.54, 1.807) is 18.2 Å². The molecule has 0 spiro atoms. The van der Waals surface area contributed by atoms with Gasteiger partial charge in [0.2, 0.25) is 5.90 Å². The minimum Gasteiger partial charge on any atom is -0.477 e. The quantitative estimate of drug-likeness (QED) is 0.455. The largest absolute Gasteiger partial charge is 0.477 e. The maximum Gasteiger partial charge on any atom is 0.204 e. The van der Waals surface area contributed by atoms with Gasteiger partial charge in [0, 0.05) is 16.0 Å². The molecular weight excluding hydrogens is 431 g/mol. The first-order valence-electron chi connectivity index (χ1n) is 10.5. The summed E-state index contributed by atoms with van der Waals surface area (Å²) in [4.78, 5) is 4.78. The molecule has 0 amide bonds. The Balaban J connectivity index is 2.00. The minimum absolute atomic E-state index is 0.0774. The number of hydrogen-bond acceptors (Lipinski definition) is 4. The van der Waals surface area contributed by atoms with E-state index in [2.05, 4.69) is 20.4 Å². The van der Waals surface area contributed by atoms with Gasteiger partial charge in [0.05, 0.1) is 17.7 Å². The van der Waals surface area contributed by atoms with E-state index in [-0.39, 0.29) is 12.0 Å². The van der Waals surface area contributed by atoms with E-state index in [1.807, 2.05) is 36.4 Å². The molecule has 0 saturated heterocycles. The fraction of sp³-hybridized carbons (Fsp3) is 0.400. The van der Waals surface area contributed by atoms with E-state index in [0.29, 0.717) is 41.3 Å². The molecule has 1 unspecified atom stereocenters. The summed E-state index contributed by atoms with van der Waals surface area (Å²) in [6.07, 6.45) is 1.85. The predicted octanol–water partition coefficient (Wildman–Crippen LogP) is 5.93. The Kier molecular flexibility index (Phi) is 7.82. The van der Waals surface area contributed by atoms with Crippen LogP contribution in [0.1, 0.15) is 49.8 Å². The Morgan fingerprint density at radius 1 is 1.19 bits per heavy atom. The number of hydrogen-bond donors (Lipinski definition) is 2. The molecule has 1 aliphatic heterocycles. The van der Waals surface area contributed by atoms with Crippen LogP contribution >= 0.6 is 23.2 Å². The molecule has 4 atom stereocenters. The first-order valence-corrected chi connectivity index (χ1v) is 11.3. The van der Waals surface area contributed by atoms with Crippen LogP contribution in [-0.4, -0.2) is 29.2 Å². The molecule has 4 nitrogen and oxygen atoms in total. The zero-order chi connectivity index (χ0) is 22.6. The second-order valence-corrected chi connectivity index (χ2v) is 9.44. The van der Waals surface area contributed by atoms with Gasteiger partial charge in [-0.1, -0.05) is 67.4 Å². The highest BCUT2D eigenvalue weighted by atomic mass is 35.5. The third-order valence-electron chi connectivity index (χ3n) is 5.83. The predicted molar refractivity (Wildman–Crippen MR) is 129 cm³/mol. The third kappa shape index (κ3) is 5.69. The lowest BCUT2D eigenvalue weighted by Crippen LogP contribution is -2.49. The zero-order valence-electron chi connectivity index (χ0n) is 18.0. The highest BCUT2D eigenvalue weighted by Gasteiger charge is 2.41. The minimum atomic E-state index is -0.897. The first-order chi connectivity index (χ1) is 14.7. The van der Waals surface area contributed by atoms with Crippen LogP contribution in [0.2, 0.25) is 10.0 Å². The van der Waals surface area contributed by atoms with Crippen molar-refractivity contribution in [1.82, 2.24) is 0 Å². The Morgan fingerprint density at radius 3 is 2.48 bits per heavy atom. The van der Waals surface area contributed by atoms with Gasteiger partial charge in [-0.2, -0.15) is 0 Å². The highest BCUT2D eigenvalue weighted by molar-refractivity contribution is 6.30. The van der Waals surface area contributed by atoms with E-state index >= 15 is 0 Å². The summed E-state index contributed by atoms with van der Waals surface area (Å²) < 4.78 is 5.96. The molecule has 1 aliphatic rings. The number of nitrogens with zero attached hydrogens (tertiary/aromatic N) is 1. The summed E-state index contributed by atoms with van der Waals surface area (Å²) in [5, 5.41) is 12.6. The van der Waals surface area contributed by atoms with Crippen molar-refractivity contribution in [2.45, 2.75) is 50.3 Å². The van der Waals surface area contributed by atoms with Crippen LogP contribution < -0.4 is 5.73 Å². The van der Waals surface area contributed by atoms with Crippen molar-refractivity contribution in [2.75, 3.05) is 6.61 Å². The van der Waals surface area contributed by atoms with Crippen molar-refractivity contribution in [3.05, 3.63) is 82.4 Å². The molecule has 2 aromatic rings. The summed E-state index contributed by atoms with van der Waals surface area (Å²) >= 11 is 12.3. The number of aliphatic hydroxyl groups excluding tert-OH is 1. The number of benzene rings is 2. The van der Waals surface area contributed by atoms with Gasteiger partial charge in [-0.3, -0.25) is 0 Å². The van der Waals surface area contributed by atoms with Gasteiger partial charge in [0.1, 0.15) is 6.61 Å². The van der Waals surface area contributed by atoms with Crippen LogP contribution in [0.25, 0.3) is 0 Å². The van der Waals surface area contributed by atoms with E-state index < -0.39 is 11.6 Å². The summed E-state index contributed by atoms with van der Waals surface area (Å²) in [7, 11) is 0. The number of rotatable bonds is 9. The zero-order valence-corrected chi connectivity index (χ0v) is 19.5. The SMILES string of the molecule is C=CCC(N)(C[C@@H](c1cccc(Cl)c1)[C@@H](O)c1ccc(Cl)cc1)C1=N[C@@H](C(C)C)CO1. The van der Waals surface area contributed by atoms with Gasteiger partial charge < -0.3 is 15.6 Å². The topological polar surface area (TPSA) is 67.8 Å². The first kappa shape index (κ1) is 23.8. The van der Waals surface area contributed by atoms with E-state index in [1.165, 1.54) is 0 Å². The molecule has 0 saturated carbocycles. The normalized spacial score (nSPS) is 20.0. The molecule has 1 heterocycles. The summed E-state index contributed by atoms with van der Waals surface area (Å²) in [6, 6.07) is 14.8. The van der Waals surface area contributed by atoms with Gasteiger partial charge in [0.15, 0.2) is 0 Å². The molecule has 3 N–H and O–H groups in total. The third-order valence-corrected chi connectivity index (χ3v) is 6.32. The molecule has 0 fully saturated rings. The van der Waals surface area contributed by atoms with Crippen LogP contribution in [0, 0.1) is 5.92 Å². The molecule has 0 radical (unpaired) electrons. The molecule has 0 bridgehead atoms. The van der Waals surface area contributed by atoms with Gasteiger partial charge >= 0.3 is 0 Å².